The topological polar surface area (TPSA) is 247 Å². The van der Waals surface area contributed by atoms with Crippen molar-refractivity contribution in [2.24, 2.45) is 11.5 Å². The summed E-state index contributed by atoms with van der Waals surface area (Å²) in [5.41, 5.74) is 5.74. The fraction of sp³-hybridized carbons (Fsp3) is 0. The molecule has 0 unspecified atom stereocenters. The number of rotatable bonds is 4. The Kier molecular flexibility index (Phi) is 7.06. The number of hydrogen-bond donors (Lipinski definition) is 7. The first-order chi connectivity index (χ1) is 11.4. The van der Waals surface area contributed by atoms with Crippen LogP contribution in [0, 0.1) is 0 Å². The van der Waals surface area contributed by atoms with Gasteiger partial charge in [-0.25, -0.2) is 28.8 Å². The molecule has 0 saturated heterocycles. The van der Waals surface area contributed by atoms with Crippen LogP contribution in [0.3, 0.4) is 0 Å². The molecule has 0 saturated carbocycles. The number of carboxylic acids is 4. The van der Waals surface area contributed by atoms with Gasteiger partial charge in [0.05, 0.1) is 22.3 Å². The molecule has 9 N–H and O–H groups in total. The van der Waals surface area contributed by atoms with Crippen LogP contribution < -0.4 is 16.8 Å². The Morgan fingerprint density at radius 3 is 0.880 bits per heavy atom. The van der Waals surface area contributed by atoms with E-state index in [9.17, 15) is 28.8 Å². The molecular formula is C12H11N3O10. The van der Waals surface area contributed by atoms with Gasteiger partial charge in [0, 0.05) is 0 Å². The minimum absolute atomic E-state index is 0.511. The zero-order valence-corrected chi connectivity index (χ0v) is 12.0. The molecule has 0 aliphatic heterocycles. The van der Waals surface area contributed by atoms with E-state index in [4.69, 9.17) is 20.4 Å². The van der Waals surface area contributed by atoms with E-state index in [1.165, 1.54) is 0 Å². The summed E-state index contributed by atoms with van der Waals surface area (Å²) in [6.45, 7) is 0. The summed E-state index contributed by atoms with van der Waals surface area (Å²) in [5, 5.41) is 36.6. The van der Waals surface area contributed by atoms with Crippen LogP contribution in [0.25, 0.3) is 0 Å². The lowest BCUT2D eigenvalue weighted by molar-refractivity contribution is 0.0637. The van der Waals surface area contributed by atoms with Gasteiger partial charge in [0.25, 0.3) is 0 Å². The van der Waals surface area contributed by atoms with E-state index < -0.39 is 58.2 Å². The van der Waals surface area contributed by atoms with Crippen LogP contribution in [-0.4, -0.2) is 56.4 Å². The van der Waals surface area contributed by atoms with Crippen LogP contribution >= 0.6 is 0 Å². The monoisotopic (exact) mass is 357 g/mol. The number of nitrogens with one attached hydrogen (secondary N) is 1. The summed E-state index contributed by atoms with van der Waals surface area (Å²) in [7, 11) is 0. The van der Waals surface area contributed by atoms with Crippen molar-refractivity contribution < 1.29 is 49.2 Å². The number of benzene rings is 1. The average molecular weight is 357 g/mol. The van der Waals surface area contributed by atoms with Crippen LogP contribution in [0.4, 0.5) is 9.59 Å². The number of carboxylic acid groups (broad SMARTS) is 4. The molecule has 1 rings (SSSR count). The highest BCUT2D eigenvalue weighted by Gasteiger charge is 2.24. The summed E-state index contributed by atoms with van der Waals surface area (Å²) in [6.07, 6.45) is 0. The van der Waals surface area contributed by atoms with E-state index >= 15 is 0 Å². The Balaban J connectivity index is 0.000000697. The normalized spacial score (nSPS) is 9.12. The molecule has 25 heavy (non-hydrogen) atoms. The first-order valence-electron chi connectivity index (χ1n) is 5.85. The zero-order valence-electron chi connectivity index (χ0n) is 12.0. The van der Waals surface area contributed by atoms with Gasteiger partial charge in [-0.15, -0.1) is 0 Å². The lowest BCUT2D eigenvalue weighted by atomic mass is 9.98. The number of aromatic carboxylic acids is 4. The molecule has 4 amide bonds. The Morgan fingerprint density at radius 1 is 0.600 bits per heavy atom. The third-order valence-corrected chi connectivity index (χ3v) is 2.33. The maximum Gasteiger partial charge on any atom is 0.336 e. The highest BCUT2D eigenvalue weighted by atomic mass is 16.4. The molecule has 0 spiro atoms. The fourth-order valence-electron chi connectivity index (χ4n) is 1.43. The second kappa shape index (κ2) is 8.47. The highest BCUT2D eigenvalue weighted by Crippen LogP contribution is 2.18. The molecule has 134 valence electrons. The van der Waals surface area contributed by atoms with Crippen molar-refractivity contribution in [3.63, 3.8) is 0 Å². The van der Waals surface area contributed by atoms with Crippen LogP contribution in [-0.2, 0) is 0 Å². The molecule has 0 bridgehead atoms. The van der Waals surface area contributed by atoms with Gasteiger partial charge in [0.2, 0.25) is 0 Å². The van der Waals surface area contributed by atoms with Gasteiger partial charge in [-0.05, 0) is 12.1 Å². The predicted molar refractivity (Wildman–Crippen MR) is 76.6 cm³/mol. The van der Waals surface area contributed by atoms with Gasteiger partial charge in [0.1, 0.15) is 0 Å². The van der Waals surface area contributed by atoms with Gasteiger partial charge in [-0.3, -0.25) is 5.32 Å². The molecular weight excluding hydrogens is 346 g/mol. The van der Waals surface area contributed by atoms with Crippen molar-refractivity contribution in [1.82, 2.24) is 5.32 Å². The van der Waals surface area contributed by atoms with E-state index in [0.717, 1.165) is 0 Å². The minimum atomic E-state index is -1.66. The van der Waals surface area contributed by atoms with Crippen LogP contribution in [0.1, 0.15) is 41.4 Å². The lowest BCUT2D eigenvalue weighted by Gasteiger charge is -2.06. The molecule has 0 aliphatic carbocycles. The summed E-state index contributed by atoms with van der Waals surface area (Å²) in [5.74, 6) is -6.64. The van der Waals surface area contributed by atoms with Crippen molar-refractivity contribution in [2.45, 2.75) is 0 Å². The van der Waals surface area contributed by atoms with Gasteiger partial charge < -0.3 is 31.9 Å². The average Bonchev–Trinajstić information content (AvgIpc) is 2.44. The molecule has 0 aromatic heterocycles. The molecule has 1 aromatic rings. The Morgan fingerprint density at radius 2 is 0.800 bits per heavy atom. The molecule has 13 nitrogen and oxygen atoms in total. The number of amides is 4. The first kappa shape index (κ1) is 20.8. The molecule has 0 atom stereocenters. The third-order valence-electron chi connectivity index (χ3n) is 2.33. The van der Waals surface area contributed by atoms with Crippen LogP contribution in [0.15, 0.2) is 12.1 Å². The highest BCUT2D eigenvalue weighted by molar-refractivity contribution is 6.09. The summed E-state index contributed by atoms with van der Waals surface area (Å²) < 4.78 is 0. The fourth-order valence-corrected chi connectivity index (χ4v) is 1.43. The Bertz CT molecular complexity index is 660. The van der Waals surface area contributed by atoms with Gasteiger partial charge in [-0.1, -0.05) is 0 Å². The summed E-state index contributed by atoms with van der Waals surface area (Å²) in [4.78, 5) is 62.4. The summed E-state index contributed by atoms with van der Waals surface area (Å²) >= 11 is 0. The maximum absolute atomic E-state index is 10.8. The van der Waals surface area contributed by atoms with Gasteiger partial charge in [0.15, 0.2) is 0 Å². The smallest absolute Gasteiger partial charge is 0.336 e. The van der Waals surface area contributed by atoms with Gasteiger partial charge in [-0.2, -0.15) is 0 Å². The number of nitrogens with two attached hydrogens (primary N) is 2. The van der Waals surface area contributed by atoms with E-state index in [1.807, 2.05) is 0 Å². The lowest BCUT2D eigenvalue weighted by Crippen LogP contribution is -2.38. The quantitative estimate of drug-likeness (QED) is 0.353. The number of carbonyl (C=O) groups is 6. The second-order valence-corrected chi connectivity index (χ2v) is 4.02. The van der Waals surface area contributed by atoms with Crippen LogP contribution in [0.2, 0.25) is 0 Å². The number of hydrogen-bond acceptors (Lipinski definition) is 6. The standard InChI is InChI=1S/C10H6O8.C2H5N3O2/c11-7(12)3-1-4(8(13)14)6(10(17)18)2-5(3)9(15)16;3-1(6)5-2(4)7/h1-2H,(H,11,12)(H,13,14)(H,15,16)(H,17,18);(H5,3,4,5,6,7). The van der Waals surface area contributed by atoms with Crippen molar-refractivity contribution >= 4 is 35.9 Å². The van der Waals surface area contributed by atoms with Gasteiger partial charge >= 0.3 is 35.9 Å². The number of imide groups is 1. The van der Waals surface area contributed by atoms with Crippen molar-refractivity contribution in [2.75, 3.05) is 0 Å². The van der Waals surface area contributed by atoms with Crippen molar-refractivity contribution in [1.29, 1.82) is 0 Å². The second-order valence-electron chi connectivity index (χ2n) is 4.02. The molecule has 0 aliphatic rings. The number of carbonyl (C=O) groups excluding carboxylic acids is 2. The van der Waals surface area contributed by atoms with E-state index in [-0.39, 0.29) is 0 Å². The number of urea groups is 2. The number of primary amides is 2. The van der Waals surface area contributed by atoms with E-state index in [1.54, 1.807) is 5.32 Å². The van der Waals surface area contributed by atoms with Crippen molar-refractivity contribution in [3.8, 4) is 0 Å². The van der Waals surface area contributed by atoms with E-state index in [0.29, 0.717) is 12.1 Å². The SMILES string of the molecule is NC(=O)NC(N)=O.O=C(O)c1cc(C(=O)O)c(C(=O)O)cc1C(=O)O. The predicted octanol–water partition coefficient (Wildman–Crippen LogP) is -0.787. The van der Waals surface area contributed by atoms with E-state index in [2.05, 4.69) is 11.5 Å². The molecule has 1 aromatic carbocycles. The largest absolute Gasteiger partial charge is 0.478 e. The van der Waals surface area contributed by atoms with Crippen LogP contribution in [0.5, 0.6) is 0 Å². The molecule has 0 heterocycles. The first-order valence-corrected chi connectivity index (χ1v) is 5.85. The zero-order chi connectivity index (χ0) is 19.9. The minimum Gasteiger partial charge on any atom is -0.478 e. The molecule has 0 fully saturated rings. The van der Waals surface area contributed by atoms with Crippen molar-refractivity contribution in [3.05, 3.63) is 34.4 Å². The Labute approximate surface area is 137 Å². The molecule has 13 heteroatoms. The third kappa shape index (κ3) is 6.23. The Hall–Kier alpha value is -4.16. The summed E-state index contributed by atoms with van der Waals surface area (Å²) in [6, 6.07) is -0.852. The maximum atomic E-state index is 10.8. The molecule has 0 radical (unpaired) electrons.